The Labute approximate surface area is 118 Å². The maximum atomic E-state index is 5.79. The molecule has 1 atom stereocenters. The van der Waals surface area contributed by atoms with Crippen molar-refractivity contribution in [3.05, 3.63) is 23.7 Å². The van der Waals surface area contributed by atoms with E-state index in [-0.39, 0.29) is 5.41 Å². The molecule has 0 aliphatic carbocycles. The number of furan rings is 1. The van der Waals surface area contributed by atoms with E-state index in [9.17, 15) is 0 Å². The van der Waals surface area contributed by atoms with Crippen LogP contribution >= 0.6 is 0 Å². The van der Waals surface area contributed by atoms with Crippen LogP contribution in [0, 0.1) is 6.92 Å². The molecule has 0 aliphatic rings. The van der Waals surface area contributed by atoms with Crippen LogP contribution in [0.5, 0.6) is 0 Å². The second-order valence-electron chi connectivity index (χ2n) is 6.81. The highest BCUT2D eigenvalue weighted by atomic mass is 16.3. The average molecular weight is 268 g/mol. The fraction of sp³-hybridized carbons (Fsp3) is 0.750. The first-order chi connectivity index (χ1) is 8.81. The average Bonchev–Trinajstić information content (AvgIpc) is 2.71. The normalized spacial score (nSPS) is 14.1. The van der Waals surface area contributed by atoms with E-state index in [4.69, 9.17) is 4.42 Å². The summed E-state index contributed by atoms with van der Waals surface area (Å²) in [7, 11) is 4.43. The Morgan fingerprint density at radius 2 is 2.00 bits per heavy atom. The maximum Gasteiger partial charge on any atom is 0.109 e. The summed E-state index contributed by atoms with van der Waals surface area (Å²) in [5.41, 5.74) is 0.122. The Bertz CT molecular complexity index is 369. The predicted molar refractivity (Wildman–Crippen MR) is 79.6 cm³/mol. The summed E-state index contributed by atoms with van der Waals surface area (Å²) in [5.74, 6) is 2.12. The molecule has 0 amide bonds. The van der Waals surface area contributed by atoms with Crippen LogP contribution in [0.3, 0.4) is 0 Å². The monoisotopic (exact) mass is 268 g/mol. The number of nitrogens with one attached hydrogen (secondary N) is 1. The van der Waals surface area contributed by atoms with Crippen molar-refractivity contribution in [2.24, 2.45) is 0 Å². The van der Waals surface area contributed by atoms with E-state index in [1.165, 1.54) is 24.4 Å². The minimum Gasteiger partial charge on any atom is -0.466 e. The van der Waals surface area contributed by atoms with Crippen LogP contribution in [-0.2, 0) is 5.41 Å². The van der Waals surface area contributed by atoms with Crippen molar-refractivity contribution < 1.29 is 14.6 Å². The molecule has 1 aromatic heterocycles. The molecule has 3 N–H and O–H groups in total. The van der Waals surface area contributed by atoms with Crippen LogP contribution in [0.2, 0.25) is 0 Å². The third-order valence-corrected chi connectivity index (χ3v) is 3.69. The highest BCUT2D eigenvalue weighted by Crippen LogP contribution is 2.29. The highest BCUT2D eigenvalue weighted by Gasteiger charge is 2.27. The molecule has 1 rings (SSSR count). The van der Waals surface area contributed by atoms with E-state index >= 15 is 0 Å². The summed E-state index contributed by atoms with van der Waals surface area (Å²) in [4.78, 5) is 1.53. The van der Waals surface area contributed by atoms with Gasteiger partial charge < -0.3 is 14.6 Å². The molecule has 0 saturated carbocycles. The molecule has 3 heteroatoms. The zero-order chi connectivity index (χ0) is 14.5. The summed E-state index contributed by atoms with van der Waals surface area (Å²) in [6, 6.07) is 4.82. The molecule has 1 heterocycles. The van der Waals surface area contributed by atoms with Gasteiger partial charge in [-0.3, -0.25) is 0 Å². The molecule has 0 spiro atoms. The molecule has 0 saturated heterocycles. The van der Waals surface area contributed by atoms with Gasteiger partial charge in [-0.05, 0) is 26.0 Å². The minimum atomic E-state index is 0.122. The summed E-state index contributed by atoms with van der Waals surface area (Å²) in [5, 5.41) is 2.47. The lowest BCUT2D eigenvalue weighted by Crippen LogP contribution is -3.06. The highest BCUT2D eigenvalue weighted by molar-refractivity contribution is 5.14. The molecular formula is C16H32N2O+2. The second kappa shape index (κ2) is 7.11. The van der Waals surface area contributed by atoms with Gasteiger partial charge >= 0.3 is 0 Å². The molecule has 0 bridgehead atoms. The molecule has 3 nitrogen and oxygen atoms in total. The molecule has 110 valence electrons. The first kappa shape index (κ1) is 16.3. The minimum absolute atomic E-state index is 0.122. The summed E-state index contributed by atoms with van der Waals surface area (Å²) >= 11 is 0. The number of rotatable bonds is 8. The van der Waals surface area contributed by atoms with Gasteiger partial charge in [0.15, 0.2) is 0 Å². The SMILES string of the molecule is Cc1ccc(C(C)(C)C[C@@H](C)[NH2+]CCC[NH+](C)C)o1. The Morgan fingerprint density at radius 1 is 1.32 bits per heavy atom. The van der Waals surface area contributed by atoms with Gasteiger partial charge in [-0.1, -0.05) is 13.8 Å². The number of hydrogen-bond acceptors (Lipinski definition) is 1. The van der Waals surface area contributed by atoms with Crippen molar-refractivity contribution in [1.29, 1.82) is 0 Å². The smallest absolute Gasteiger partial charge is 0.109 e. The van der Waals surface area contributed by atoms with E-state index < -0.39 is 0 Å². The number of quaternary nitrogens is 2. The van der Waals surface area contributed by atoms with Crippen molar-refractivity contribution in [2.45, 2.75) is 52.0 Å². The van der Waals surface area contributed by atoms with E-state index in [0.717, 1.165) is 17.9 Å². The van der Waals surface area contributed by atoms with Gasteiger partial charge in [-0.25, -0.2) is 0 Å². The van der Waals surface area contributed by atoms with Crippen molar-refractivity contribution in [3.63, 3.8) is 0 Å². The standard InChI is InChI=1S/C16H30N2O/c1-13(17-10-7-11-18(5)6)12-16(3,4)15-9-8-14(2)19-15/h8-9,13,17H,7,10-12H2,1-6H3/p+2/t13-/m1/s1. The first-order valence-electron chi connectivity index (χ1n) is 7.50. The van der Waals surface area contributed by atoms with Crippen molar-refractivity contribution in [1.82, 2.24) is 0 Å². The van der Waals surface area contributed by atoms with Crippen LogP contribution in [0.15, 0.2) is 16.5 Å². The Morgan fingerprint density at radius 3 is 2.53 bits per heavy atom. The lowest BCUT2D eigenvalue weighted by Gasteiger charge is -2.25. The maximum absolute atomic E-state index is 5.79. The zero-order valence-electron chi connectivity index (χ0n) is 13.5. The largest absolute Gasteiger partial charge is 0.466 e. The van der Waals surface area contributed by atoms with Crippen LogP contribution in [0.1, 0.15) is 45.1 Å². The fourth-order valence-corrected chi connectivity index (χ4v) is 2.65. The van der Waals surface area contributed by atoms with Gasteiger partial charge in [0.05, 0.1) is 33.2 Å². The van der Waals surface area contributed by atoms with Crippen LogP contribution < -0.4 is 10.2 Å². The van der Waals surface area contributed by atoms with Gasteiger partial charge in [-0.2, -0.15) is 0 Å². The van der Waals surface area contributed by atoms with Gasteiger partial charge in [0.25, 0.3) is 0 Å². The lowest BCUT2D eigenvalue weighted by atomic mass is 9.83. The summed E-state index contributed by atoms with van der Waals surface area (Å²) < 4.78 is 5.79. The lowest BCUT2D eigenvalue weighted by molar-refractivity contribution is -0.860. The second-order valence-corrected chi connectivity index (χ2v) is 6.81. The van der Waals surface area contributed by atoms with E-state index in [1.54, 1.807) is 0 Å². The van der Waals surface area contributed by atoms with E-state index in [0.29, 0.717) is 6.04 Å². The fourth-order valence-electron chi connectivity index (χ4n) is 2.65. The van der Waals surface area contributed by atoms with Gasteiger partial charge in [-0.15, -0.1) is 0 Å². The molecule has 0 unspecified atom stereocenters. The third-order valence-electron chi connectivity index (χ3n) is 3.69. The number of hydrogen-bond donors (Lipinski definition) is 2. The van der Waals surface area contributed by atoms with Gasteiger partial charge in [0.2, 0.25) is 0 Å². The van der Waals surface area contributed by atoms with Crippen molar-refractivity contribution >= 4 is 0 Å². The molecular weight excluding hydrogens is 236 g/mol. The Balaban J connectivity index is 2.36. The molecule has 1 aromatic rings. The number of nitrogens with two attached hydrogens (primary N) is 1. The van der Waals surface area contributed by atoms with Gasteiger partial charge in [0, 0.05) is 18.3 Å². The van der Waals surface area contributed by atoms with Crippen LogP contribution in [0.25, 0.3) is 0 Å². The third kappa shape index (κ3) is 5.79. The van der Waals surface area contributed by atoms with E-state index in [1.807, 2.05) is 6.92 Å². The molecule has 19 heavy (non-hydrogen) atoms. The molecule has 0 aliphatic heterocycles. The molecule has 0 radical (unpaired) electrons. The summed E-state index contributed by atoms with van der Waals surface area (Å²) in [6.45, 7) is 11.4. The number of aryl methyl sites for hydroxylation is 1. The molecule has 0 fully saturated rings. The van der Waals surface area contributed by atoms with Crippen molar-refractivity contribution in [2.75, 3.05) is 27.2 Å². The Hall–Kier alpha value is -0.800. The zero-order valence-corrected chi connectivity index (χ0v) is 13.5. The van der Waals surface area contributed by atoms with Crippen LogP contribution in [0.4, 0.5) is 0 Å². The van der Waals surface area contributed by atoms with Crippen molar-refractivity contribution in [3.8, 4) is 0 Å². The quantitative estimate of drug-likeness (QED) is 0.670. The van der Waals surface area contributed by atoms with Crippen LogP contribution in [-0.4, -0.2) is 33.2 Å². The predicted octanol–water partition coefficient (Wildman–Crippen LogP) is 0.742. The van der Waals surface area contributed by atoms with E-state index in [2.05, 4.69) is 52.3 Å². The summed E-state index contributed by atoms with van der Waals surface area (Å²) in [6.07, 6.45) is 2.43. The molecule has 0 aromatic carbocycles. The van der Waals surface area contributed by atoms with Gasteiger partial charge in [0.1, 0.15) is 11.5 Å². The Kier molecular flexibility index (Phi) is 6.08. The topological polar surface area (TPSA) is 34.2 Å². The first-order valence-corrected chi connectivity index (χ1v) is 7.50.